The van der Waals surface area contributed by atoms with Crippen LogP contribution in [0.1, 0.15) is 31.4 Å². The van der Waals surface area contributed by atoms with Gasteiger partial charge in [0.05, 0.1) is 0 Å². The van der Waals surface area contributed by atoms with Crippen LogP contribution in [0.25, 0.3) is 0 Å². The smallest absolute Gasteiger partial charge is 0.0409 e. The van der Waals surface area contributed by atoms with Crippen LogP contribution in [0.5, 0.6) is 0 Å². The molecule has 1 saturated carbocycles. The molecule has 0 bridgehead atoms. The normalized spacial score (nSPS) is 25.7. The molecule has 1 aliphatic carbocycles. The summed E-state index contributed by atoms with van der Waals surface area (Å²) in [4.78, 5) is 2.44. The van der Waals surface area contributed by atoms with Crippen molar-refractivity contribution in [1.29, 1.82) is 0 Å². The Morgan fingerprint density at radius 3 is 2.76 bits per heavy atom. The van der Waals surface area contributed by atoms with Crippen LogP contribution >= 0.6 is 11.6 Å². The molecule has 0 aromatic heterocycles. The van der Waals surface area contributed by atoms with E-state index in [0.29, 0.717) is 18.0 Å². The summed E-state index contributed by atoms with van der Waals surface area (Å²) in [7, 11) is 2.19. The van der Waals surface area contributed by atoms with E-state index in [9.17, 15) is 0 Å². The molecule has 2 rings (SSSR count). The molecule has 94 valence electrons. The molecule has 3 heteroatoms. The van der Waals surface area contributed by atoms with Gasteiger partial charge in [0.1, 0.15) is 0 Å². The lowest BCUT2D eigenvalue weighted by Gasteiger charge is -2.45. The monoisotopic (exact) mass is 252 g/mol. The first-order chi connectivity index (χ1) is 8.13. The summed E-state index contributed by atoms with van der Waals surface area (Å²) < 4.78 is 0. The molecule has 0 aliphatic heterocycles. The van der Waals surface area contributed by atoms with Crippen molar-refractivity contribution in [1.82, 2.24) is 4.90 Å². The minimum atomic E-state index is 0.396. The molecule has 3 atom stereocenters. The van der Waals surface area contributed by atoms with Gasteiger partial charge in [-0.2, -0.15) is 0 Å². The molecule has 1 aromatic carbocycles. The van der Waals surface area contributed by atoms with Crippen molar-refractivity contribution in [3.63, 3.8) is 0 Å². The van der Waals surface area contributed by atoms with Crippen LogP contribution in [-0.4, -0.2) is 24.5 Å². The van der Waals surface area contributed by atoms with E-state index in [1.54, 1.807) is 0 Å². The minimum absolute atomic E-state index is 0.396. The lowest BCUT2D eigenvalue weighted by molar-refractivity contribution is 0.0596. The van der Waals surface area contributed by atoms with Gasteiger partial charge in [-0.25, -0.2) is 0 Å². The van der Waals surface area contributed by atoms with Crippen molar-refractivity contribution in [3.8, 4) is 0 Å². The SMILES string of the molecule is CC(c1cccc(Cl)c1)N(C)C1CCC1CN. The van der Waals surface area contributed by atoms with Crippen LogP contribution in [-0.2, 0) is 0 Å². The number of halogens is 1. The van der Waals surface area contributed by atoms with Gasteiger partial charge in [-0.15, -0.1) is 0 Å². The third-order valence-corrected chi connectivity index (χ3v) is 4.38. The quantitative estimate of drug-likeness (QED) is 0.893. The van der Waals surface area contributed by atoms with Crippen molar-refractivity contribution in [2.75, 3.05) is 13.6 Å². The van der Waals surface area contributed by atoms with Gasteiger partial charge in [-0.05, 0) is 57.0 Å². The maximum Gasteiger partial charge on any atom is 0.0409 e. The van der Waals surface area contributed by atoms with Crippen LogP contribution in [0, 0.1) is 5.92 Å². The lowest BCUT2D eigenvalue weighted by atomic mass is 9.78. The number of hydrogen-bond donors (Lipinski definition) is 1. The minimum Gasteiger partial charge on any atom is -0.330 e. The molecule has 0 spiro atoms. The summed E-state index contributed by atoms with van der Waals surface area (Å²) >= 11 is 6.04. The zero-order chi connectivity index (χ0) is 12.4. The summed E-state index contributed by atoms with van der Waals surface area (Å²) in [6.07, 6.45) is 2.54. The second-order valence-electron chi connectivity index (χ2n) is 5.04. The molecule has 2 nitrogen and oxygen atoms in total. The summed E-state index contributed by atoms with van der Waals surface area (Å²) in [6, 6.07) is 9.16. The fourth-order valence-electron chi connectivity index (χ4n) is 2.65. The molecule has 3 unspecified atom stereocenters. The highest BCUT2D eigenvalue weighted by atomic mass is 35.5. The Hall–Kier alpha value is -0.570. The zero-order valence-electron chi connectivity index (χ0n) is 10.6. The molecule has 1 aliphatic rings. The number of nitrogens with two attached hydrogens (primary N) is 1. The average Bonchev–Trinajstić information content (AvgIpc) is 2.27. The summed E-state index contributed by atoms with van der Waals surface area (Å²) in [5, 5.41) is 0.812. The van der Waals surface area contributed by atoms with Crippen molar-refractivity contribution in [3.05, 3.63) is 34.9 Å². The lowest BCUT2D eigenvalue weighted by Crippen LogP contribution is -2.48. The van der Waals surface area contributed by atoms with Crippen LogP contribution in [0.3, 0.4) is 0 Å². The van der Waals surface area contributed by atoms with Gasteiger partial charge in [0.15, 0.2) is 0 Å². The van der Waals surface area contributed by atoms with Gasteiger partial charge >= 0.3 is 0 Å². The van der Waals surface area contributed by atoms with Crippen LogP contribution in [0.2, 0.25) is 5.02 Å². The third kappa shape index (κ3) is 2.65. The molecule has 1 fully saturated rings. The molecule has 2 N–H and O–H groups in total. The van der Waals surface area contributed by atoms with Gasteiger partial charge in [0.2, 0.25) is 0 Å². The van der Waals surface area contributed by atoms with Crippen molar-refractivity contribution in [2.24, 2.45) is 11.7 Å². The van der Waals surface area contributed by atoms with E-state index >= 15 is 0 Å². The van der Waals surface area contributed by atoms with Gasteiger partial charge in [-0.3, -0.25) is 4.90 Å². The Bertz CT molecular complexity index is 378. The van der Waals surface area contributed by atoms with E-state index in [0.717, 1.165) is 11.6 Å². The summed E-state index contributed by atoms with van der Waals surface area (Å²) in [5.41, 5.74) is 7.06. The number of benzene rings is 1. The van der Waals surface area contributed by atoms with E-state index in [4.69, 9.17) is 17.3 Å². The highest BCUT2D eigenvalue weighted by Crippen LogP contribution is 2.35. The largest absolute Gasteiger partial charge is 0.330 e. The molecule has 17 heavy (non-hydrogen) atoms. The molecule has 0 saturated heterocycles. The third-order valence-electron chi connectivity index (χ3n) is 4.15. The van der Waals surface area contributed by atoms with E-state index in [1.807, 2.05) is 12.1 Å². The molecule has 0 amide bonds. The Kier molecular flexibility index (Phi) is 4.08. The predicted molar refractivity (Wildman–Crippen MR) is 73.2 cm³/mol. The van der Waals surface area contributed by atoms with Crippen molar-refractivity contribution >= 4 is 11.6 Å². The topological polar surface area (TPSA) is 29.3 Å². The highest BCUT2D eigenvalue weighted by Gasteiger charge is 2.34. The van der Waals surface area contributed by atoms with Crippen LogP contribution < -0.4 is 5.73 Å². The van der Waals surface area contributed by atoms with Crippen molar-refractivity contribution < 1.29 is 0 Å². The summed E-state index contributed by atoms with van der Waals surface area (Å²) in [6.45, 7) is 3.04. The Balaban J connectivity index is 2.06. The maximum absolute atomic E-state index is 6.04. The van der Waals surface area contributed by atoms with E-state index < -0.39 is 0 Å². The standard InChI is InChI=1S/C14H21ClN2/c1-10(11-4-3-5-13(15)8-11)17(2)14-7-6-12(14)9-16/h3-5,8,10,12,14H,6-7,9,16H2,1-2H3. The molecule has 1 aromatic rings. The Morgan fingerprint density at radius 2 is 2.24 bits per heavy atom. The Morgan fingerprint density at radius 1 is 1.47 bits per heavy atom. The van der Waals surface area contributed by atoms with Crippen LogP contribution in [0.4, 0.5) is 0 Å². The van der Waals surface area contributed by atoms with E-state index in [1.165, 1.54) is 18.4 Å². The molecular weight excluding hydrogens is 232 g/mol. The first-order valence-corrected chi connectivity index (χ1v) is 6.68. The fourth-order valence-corrected chi connectivity index (χ4v) is 2.85. The van der Waals surface area contributed by atoms with Crippen LogP contribution in [0.15, 0.2) is 24.3 Å². The first kappa shape index (κ1) is 12.9. The second kappa shape index (κ2) is 5.38. The molecule has 0 radical (unpaired) electrons. The number of nitrogens with zero attached hydrogens (tertiary/aromatic N) is 1. The predicted octanol–water partition coefficient (Wildman–Crippen LogP) is 3.07. The second-order valence-corrected chi connectivity index (χ2v) is 5.47. The van der Waals surface area contributed by atoms with E-state index in [-0.39, 0.29) is 0 Å². The van der Waals surface area contributed by atoms with Gasteiger partial charge in [-0.1, -0.05) is 23.7 Å². The summed E-state index contributed by atoms with van der Waals surface area (Å²) in [5.74, 6) is 0.668. The van der Waals surface area contributed by atoms with Gasteiger partial charge in [0, 0.05) is 17.1 Å². The zero-order valence-corrected chi connectivity index (χ0v) is 11.3. The number of hydrogen-bond acceptors (Lipinski definition) is 2. The maximum atomic E-state index is 6.04. The Labute approximate surface area is 109 Å². The first-order valence-electron chi connectivity index (χ1n) is 6.31. The molecular formula is C14H21ClN2. The fraction of sp³-hybridized carbons (Fsp3) is 0.571. The van der Waals surface area contributed by atoms with Gasteiger partial charge < -0.3 is 5.73 Å². The van der Waals surface area contributed by atoms with Gasteiger partial charge in [0.25, 0.3) is 0 Å². The van der Waals surface area contributed by atoms with E-state index in [2.05, 4.69) is 31.0 Å². The number of rotatable bonds is 4. The van der Waals surface area contributed by atoms with Crippen molar-refractivity contribution in [2.45, 2.75) is 31.8 Å². The highest BCUT2D eigenvalue weighted by molar-refractivity contribution is 6.30. The molecule has 0 heterocycles. The average molecular weight is 253 g/mol.